The molecule has 0 spiro atoms. The summed E-state index contributed by atoms with van der Waals surface area (Å²) in [5, 5.41) is 5.38. The SMILES string of the molecule is O=C(COC(=O)c1cc(-c2cccs2)nc2ccccc12)Nc1cccc(I)c1. The normalized spacial score (nSPS) is 10.7. The van der Waals surface area contributed by atoms with Crippen molar-refractivity contribution in [3.8, 4) is 10.6 Å². The van der Waals surface area contributed by atoms with Crippen LogP contribution in [0.25, 0.3) is 21.5 Å². The van der Waals surface area contributed by atoms with Crippen molar-refractivity contribution < 1.29 is 14.3 Å². The second-order valence-electron chi connectivity index (χ2n) is 6.18. The van der Waals surface area contributed by atoms with Crippen molar-refractivity contribution in [2.75, 3.05) is 11.9 Å². The number of para-hydroxylation sites is 1. The summed E-state index contributed by atoms with van der Waals surface area (Å²) in [6.45, 7) is -0.366. The van der Waals surface area contributed by atoms with Gasteiger partial charge < -0.3 is 10.1 Å². The number of rotatable bonds is 5. The van der Waals surface area contributed by atoms with Crippen molar-refractivity contribution in [3.05, 3.63) is 81.2 Å². The largest absolute Gasteiger partial charge is 0.452 e. The van der Waals surface area contributed by atoms with E-state index >= 15 is 0 Å². The zero-order chi connectivity index (χ0) is 20.2. The number of carbonyl (C=O) groups excluding carboxylic acids is 2. The highest BCUT2D eigenvalue weighted by Gasteiger charge is 2.17. The number of carbonyl (C=O) groups is 2. The minimum absolute atomic E-state index is 0.366. The summed E-state index contributed by atoms with van der Waals surface area (Å²) in [5.41, 5.74) is 2.45. The van der Waals surface area contributed by atoms with E-state index in [2.05, 4.69) is 32.9 Å². The van der Waals surface area contributed by atoms with Crippen LogP contribution in [-0.4, -0.2) is 23.5 Å². The zero-order valence-corrected chi connectivity index (χ0v) is 18.1. The summed E-state index contributed by atoms with van der Waals surface area (Å²) in [7, 11) is 0. The smallest absolute Gasteiger partial charge is 0.339 e. The molecule has 4 rings (SSSR count). The van der Waals surface area contributed by atoms with Crippen LogP contribution in [0.2, 0.25) is 0 Å². The molecular weight excluding hydrogens is 499 g/mol. The summed E-state index contributed by atoms with van der Waals surface area (Å²) in [6, 6.07) is 20.4. The molecule has 5 nitrogen and oxygen atoms in total. The Morgan fingerprint density at radius 2 is 1.90 bits per heavy atom. The molecule has 0 aliphatic carbocycles. The van der Waals surface area contributed by atoms with Gasteiger partial charge in [0.25, 0.3) is 5.91 Å². The van der Waals surface area contributed by atoms with Crippen molar-refractivity contribution in [1.82, 2.24) is 4.98 Å². The van der Waals surface area contributed by atoms with E-state index in [1.807, 2.05) is 60.0 Å². The third kappa shape index (κ3) is 4.63. The summed E-state index contributed by atoms with van der Waals surface area (Å²) in [5.74, 6) is -0.948. The first kappa shape index (κ1) is 19.5. The third-order valence-electron chi connectivity index (χ3n) is 4.15. The number of halogens is 1. The number of hydrogen-bond donors (Lipinski definition) is 1. The molecule has 1 N–H and O–H groups in total. The van der Waals surface area contributed by atoms with Gasteiger partial charge in [0, 0.05) is 14.6 Å². The van der Waals surface area contributed by atoms with Gasteiger partial charge >= 0.3 is 5.97 Å². The van der Waals surface area contributed by atoms with E-state index in [-0.39, 0.29) is 6.61 Å². The Bertz CT molecular complexity index is 1190. The summed E-state index contributed by atoms with van der Waals surface area (Å²) < 4.78 is 6.30. The van der Waals surface area contributed by atoms with Gasteiger partial charge in [0.2, 0.25) is 0 Å². The second-order valence-corrected chi connectivity index (χ2v) is 8.38. The van der Waals surface area contributed by atoms with Gasteiger partial charge in [0.15, 0.2) is 6.61 Å². The van der Waals surface area contributed by atoms with Gasteiger partial charge in [0.05, 0.1) is 21.7 Å². The Hall–Kier alpha value is -2.78. The molecule has 0 bridgehead atoms. The molecular formula is C22H15IN2O3S. The number of ether oxygens (including phenoxy) is 1. The summed E-state index contributed by atoms with van der Waals surface area (Å²) in [4.78, 5) is 30.5. The van der Waals surface area contributed by atoms with E-state index < -0.39 is 11.9 Å². The Morgan fingerprint density at radius 3 is 2.69 bits per heavy atom. The minimum Gasteiger partial charge on any atom is -0.452 e. The summed E-state index contributed by atoms with van der Waals surface area (Å²) >= 11 is 3.71. The molecule has 2 heterocycles. The number of hydrogen-bond acceptors (Lipinski definition) is 5. The molecule has 0 saturated carbocycles. The first-order valence-electron chi connectivity index (χ1n) is 8.76. The standard InChI is InChI=1S/C22H15IN2O3S/c23-14-5-3-6-15(11-14)24-21(26)13-28-22(27)17-12-19(20-9-4-10-29-20)25-18-8-2-1-7-16(17)18/h1-12H,13H2,(H,24,26). The third-order valence-corrected chi connectivity index (χ3v) is 5.72. The monoisotopic (exact) mass is 514 g/mol. The van der Waals surface area contributed by atoms with Crippen molar-refractivity contribution in [2.45, 2.75) is 0 Å². The highest BCUT2D eigenvalue weighted by Crippen LogP contribution is 2.28. The van der Waals surface area contributed by atoms with E-state index in [1.165, 1.54) is 0 Å². The lowest BCUT2D eigenvalue weighted by Gasteiger charge is -2.10. The Balaban J connectivity index is 1.54. The molecule has 0 aliphatic heterocycles. The molecule has 29 heavy (non-hydrogen) atoms. The molecule has 2 aromatic heterocycles. The Kier molecular flexibility index (Phi) is 5.86. The number of anilines is 1. The predicted molar refractivity (Wildman–Crippen MR) is 123 cm³/mol. The number of nitrogens with zero attached hydrogens (tertiary/aromatic N) is 1. The number of benzene rings is 2. The highest BCUT2D eigenvalue weighted by molar-refractivity contribution is 14.1. The number of fused-ring (bicyclic) bond motifs is 1. The number of aromatic nitrogens is 1. The van der Waals surface area contributed by atoms with Crippen LogP contribution >= 0.6 is 33.9 Å². The van der Waals surface area contributed by atoms with E-state index in [1.54, 1.807) is 23.5 Å². The van der Waals surface area contributed by atoms with Crippen LogP contribution in [0.3, 0.4) is 0 Å². The lowest BCUT2D eigenvalue weighted by Crippen LogP contribution is -2.21. The van der Waals surface area contributed by atoms with Crippen LogP contribution in [0.4, 0.5) is 5.69 Å². The van der Waals surface area contributed by atoms with Gasteiger partial charge in [-0.25, -0.2) is 9.78 Å². The van der Waals surface area contributed by atoms with E-state index in [0.717, 1.165) is 8.45 Å². The topological polar surface area (TPSA) is 68.3 Å². The van der Waals surface area contributed by atoms with Crippen LogP contribution in [0.15, 0.2) is 72.1 Å². The number of esters is 1. The van der Waals surface area contributed by atoms with Gasteiger partial charge in [-0.15, -0.1) is 11.3 Å². The predicted octanol–water partition coefficient (Wildman–Crippen LogP) is 5.36. The van der Waals surface area contributed by atoms with Crippen LogP contribution in [0.5, 0.6) is 0 Å². The number of pyridine rings is 1. The summed E-state index contributed by atoms with van der Waals surface area (Å²) in [6.07, 6.45) is 0. The first-order chi connectivity index (χ1) is 14.1. The molecule has 0 atom stereocenters. The first-order valence-corrected chi connectivity index (χ1v) is 10.7. The van der Waals surface area contributed by atoms with Crippen molar-refractivity contribution in [3.63, 3.8) is 0 Å². The molecule has 0 unspecified atom stereocenters. The second kappa shape index (κ2) is 8.71. The molecule has 4 aromatic rings. The zero-order valence-electron chi connectivity index (χ0n) is 15.1. The van der Waals surface area contributed by atoms with E-state index in [0.29, 0.717) is 27.8 Å². The lowest BCUT2D eigenvalue weighted by atomic mass is 10.1. The Labute approximate surface area is 184 Å². The van der Waals surface area contributed by atoms with Crippen LogP contribution in [0.1, 0.15) is 10.4 Å². The van der Waals surface area contributed by atoms with Gasteiger partial charge in [-0.1, -0.05) is 30.3 Å². The maximum absolute atomic E-state index is 12.8. The van der Waals surface area contributed by atoms with Crippen molar-refractivity contribution in [1.29, 1.82) is 0 Å². The molecule has 2 aromatic carbocycles. The molecule has 7 heteroatoms. The number of nitrogens with one attached hydrogen (secondary N) is 1. The van der Waals surface area contributed by atoms with Gasteiger partial charge in [-0.05, 0) is 64.4 Å². The molecule has 0 fully saturated rings. The van der Waals surface area contributed by atoms with E-state index in [4.69, 9.17) is 4.74 Å². The van der Waals surface area contributed by atoms with Crippen LogP contribution < -0.4 is 5.32 Å². The molecule has 1 amide bonds. The number of amides is 1. The van der Waals surface area contributed by atoms with E-state index in [9.17, 15) is 9.59 Å². The average Bonchev–Trinajstić information content (AvgIpc) is 3.26. The maximum Gasteiger partial charge on any atom is 0.339 e. The average molecular weight is 514 g/mol. The van der Waals surface area contributed by atoms with Crippen molar-refractivity contribution in [2.24, 2.45) is 0 Å². The molecule has 0 radical (unpaired) electrons. The van der Waals surface area contributed by atoms with Crippen LogP contribution in [0, 0.1) is 3.57 Å². The van der Waals surface area contributed by atoms with Crippen LogP contribution in [-0.2, 0) is 9.53 Å². The van der Waals surface area contributed by atoms with Gasteiger partial charge in [-0.3, -0.25) is 4.79 Å². The number of thiophene rings is 1. The Morgan fingerprint density at radius 1 is 1.03 bits per heavy atom. The van der Waals surface area contributed by atoms with Crippen molar-refractivity contribution >= 4 is 62.4 Å². The molecule has 0 saturated heterocycles. The fourth-order valence-corrected chi connectivity index (χ4v) is 4.10. The minimum atomic E-state index is -0.556. The van der Waals surface area contributed by atoms with Gasteiger partial charge in [-0.2, -0.15) is 0 Å². The fourth-order valence-electron chi connectivity index (χ4n) is 2.87. The highest BCUT2D eigenvalue weighted by atomic mass is 127. The lowest BCUT2D eigenvalue weighted by molar-refractivity contribution is -0.119. The molecule has 144 valence electrons. The van der Waals surface area contributed by atoms with Gasteiger partial charge in [0.1, 0.15) is 0 Å². The molecule has 0 aliphatic rings. The maximum atomic E-state index is 12.8. The quantitative estimate of drug-likeness (QED) is 0.288. The fraction of sp³-hybridized carbons (Fsp3) is 0.0455.